The molecule has 0 saturated carbocycles. The van der Waals surface area contributed by atoms with E-state index >= 15 is 0 Å². The number of carbonyl (C=O) groups is 2. The van der Waals surface area contributed by atoms with Crippen LogP contribution < -0.4 is 5.32 Å². The zero-order valence-corrected chi connectivity index (χ0v) is 10.2. The van der Waals surface area contributed by atoms with Gasteiger partial charge in [-0.1, -0.05) is 13.8 Å². The number of nitrogens with one attached hydrogen (secondary N) is 1. The van der Waals surface area contributed by atoms with Gasteiger partial charge in [-0.3, -0.25) is 9.59 Å². The summed E-state index contributed by atoms with van der Waals surface area (Å²) in [4.78, 5) is 23.1. The highest BCUT2D eigenvalue weighted by atomic mass is 19.1. The molecule has 0 bridgehead atoms. The molecule has 17 heavy (non-hydrogen) atoms. The zero-order valence-electron chi connectivity index (χ0n) is 10.2. The molecule has 1 aromatic carbocycles. The quantitative estimate of drug-likeness (QED) is 0.871. The molecule has 0 spiro atoms. The van der Waals surface area contributed by atoms with Gasteiger partial charge in [0.05, 0.1) is 6.54 Å². The van der Waals surface area contributed by atoms with E-state index in [2.05, 4.69) is 5.32 Å². The summed E-state index contributed by atoms with van der Waals surface area (Å²) in [5, 5.41) is 2.53. The van der Waals surface area contributed by atoms with Crippen molar-refractivity contribution in [1.29, 1.82) is 0 Å². The predicted molar refractivity (Wildman–Crippen MR) is 63.3 cm³/mol. The number of halogens is 1. The maximum atomic E-state index is 12.8. The van der Waals surface area contributed by atoms with Crippen molar-refractivity contribution in [2.24, 2.45) is 5.92 Å². The fourth-order valence-corrected chi connectivity index (χ4v) is 1.35. The Kier molecular flexibility index (Phi) is 4.37. The van der Waals surface area contributed by atoms with Gasteiger partial charge in [0.2, 0.25) is 0 Å². The Labute approximate surface area is 100 Å². The third kappa shape index (κ3) is 3.66. The number of rotatable bonds is 4. The Balaban J connectivity index is 2.68. The van der Waals surface area contributed by atoms with Crippen LogP contribution in [0.3, 0.4) is 0 Å². The molecule has 92 valence electrons. The van der Waals surface area contributed by atoms with E-state index in [-0.39, 0.29) is 30.0 Å². The lowest BCUT2D eigenvalue weighted by molar-refractivity contribution is -0.120. The fraction of sp³-hybridized carbons (Fsp3) is 0.385. The fourth-order valence-electron chi connectivity index (χ4n) is 1.35. The van der Waals surface area contributed by atoms with Crippen LogP contribution in [0, 0.1) is 18.7 Å². The van der Waals surface area contributed by atoms with Gasteiger partial charge in [0.25, 0.3) is 5.91 Å². The van der Waals surface area contributed by atoms with Crippen LogP contribution in [-0.4, -0.2) is 18.2 Å². The van der Waals surface area contributed by atoms with Crippen molar-refractivity contribution in [3.8, 4) is 0 Å². The number of ketones is 1. The summed E-state index contributed by atoms with van der Waals surface area (Å²) in [7, 11) is 0. The van der Waals surface area contributed by atoms with Gasteiger partial charge in [0.1, 0.15) is 5.82 Å². The average molecular weight is 237 g/mol. The lowest BCUT2D eigenvalue weighted by Gasteiger charge is -2.08. The Hall–Kier alpha value is -1.71. The van der Waals surface area contributed by atoms with Crippen LogP contribution in [0.25, 0.3) is 0 Å². The van der Waals surface area contributed by atoms with Crippen LogP contribution in [0.15, 0.2) is 18.2 Å². The zero-order chi connectivity index (χ0) is 13.0. The Bertz CT molecular complexity index is 441. The molecule has 1 rings (SSSR count). The summed E-state index contributed by atoms with van der Waals surface area (Å²) < 4.78 is 12.8. The average Bonchev–Trinajstić information content (AvgIpc) is 2.25. The van der Waals surface area contributed by atoms with E-state index in [1.165, 1.54) is 18.2 Å². The molecule has 0 aromatic heterocycles. The number of carbonyl (C=O) groups excluding carboxylic acids is 2. The number of hydrogen-bond acceptors (Lipinski definition) is 2. The summed E-state index contributed by atoms with van der Waals surface area (Å²) in [6, 6.07) is 3.94. The van der Waals surface area contributed by atoms with Gasteiger partial charge < -0.3 is 5.32 Å². The molecule has 0 heterocycles. The molecule has 0 saturated heterocycles. The molecule has 3 nitrogen and oxygen atoms in total. The summed E-state index contributed by atoms with van der Waals surface area (Å²) >= 11 is 0. The van der Waals surface area contributed by atoms with Crippen molar-refractivity contribution < 1.29 is 14.0 Å². The van der Waals surface area contributed by atoms with Crippen LogP contribution in [0.5, 0.6) is 0 Å². The molecule has 0 aliphatic rings. The molecule has 4 heteroatoms. The maximum absolute atomic E-state index is 12.8. The smallest absolute Gasteiger partial charge is 0.251 e. The van der Waals surface area contributed by atoms with Crippen molar-refractivity contribution in [1.82, 2.24) is 5.32 Å². The number of Topliss-reactive ketones (excluding diaryl/α,β-unsaturated/α-hetero) is 1. The summed E-state index contributed by atoms with van der Waals surface area (Å²) in [6.45, 7) is 5.21. The SMILES string of the molecule is Cc1cc(F)ccc1C(=O)NCC(=O)C(C)C. The van der Waals surface area contributed by atoms with E-state index in [1.54, 1.807) is 20.8 Å². The minimum Gasteiger partial charge on any atom is -0.345 e. The molecular weight excluding hydrogens is 221 g/mol. The number of benzene rings is 1. The minimum atomic E-state index is -0.377. The molecule has 0 aliphatic carbocycles. The van der Waals surface area contributed by atoms with Gasteiger partial charge in [0, 0.05) is 11.5 Å². The van der Waals surface area contributed by atoms with Crippen LogP contribution >= 0.6 is 0 Å². The molecule has 0 aliphatic heterocycles. The van der Waals surface area contributed by atoms with Crippen molar-refractivity contribution in [2.75, 3.05) is 6.54 Å². The number of hydrogen-bond donors (Lipinski definition) is 1. The van der Waals surface area contributed by atoms with E-state index in [0.29, 0.717) is 11.1 Å². The predicted octanol–water partition coefficient (Wildman–Crippen LogP) is 2.09. The van der Waals surface area contributed by atoms with Gasteiger partial charge >= 0.3 is 0 Å². The van der Waals surface area contributed by atoms with Crippen molar-refractivity contribution in [3.05, 3.63) is 35.1 Å². The van der Waals surface area contributed by atoms with Crippen molar-refractivity contribution >= 4 is 11.7 Å². The first-order valence-corrected chi connectivity index (χ1v) is 5.49. The minimum absolute atomic E-state index is 0.00726. The summed E-state index contributed by atoms with van der Waals surface area (Å²) in [5.41, 5.74) is 0.947. The molecule has 0 radical (unpaired) electrons. The maximum Gasteiger partial charge on any atom is 0.251 e. The van der Waals surface area contributed by atoms with E-state index < -0.39 is 0 Å². The van der Waals surface area contributed by atoms with Crippen molar-refractivity contribution in [2.45, 2.75) is 20.8 Å². The first-order chi connectivity index (χ1) is 7.91. The second-order valence-electron chi connectivity index (χ2n) is 4.26. The lowest BCUT2D eigenvalue weighted by Crippen LogP contribution is -2.31. The Morgan fingerprint density at radius 2 is 2.00 bits per heavy atom. The van der Waals surface area contributed by atoms with Gasteiger partial charge in [-0.05, 0) is 30.7 Å². The van der Waals surface area contributed by atoms with E-state index in [9.17, 15) is 14.0 Å². The van der Waals surface area contributed by atoms with Gasteiger partial charge in [-0.25, -0.2) is 4.39 Å². The third-order valence-corrected chi connectivity index (χ3v) is 2.50. The van der Waals surface area contributed by atoms with E-state index in [0.717, 1.165) is 0 Å². The topological polar surface area (TPSA) is 46.2 Å². The largest absolute Gasteiger partial charge is 0.345 e. The van der Waals surface area contributed by atoms with Crippen molar-refractivity contribution in [3.63, 3.8) is 0 Å². The molecule has 1 aromatic rings. The van der Waals surface area contributed by atoms with E-state index in [4.69, 9.17) is 0 Å². The highest BCUT2D eigenvalue weighted by Crippen LogP contribution is 2.09. The van der Waals surface area contributed by atoms with Crippen LogP contribution in [0.1, 0.15) is 29.8 Å². The van der Waals surface area contributed by atoms with Crippen LogP contribution in [0.4, 0.5) is 4.39 Å². The lowest BCUT2D eigenvalue weighted by atomic mass is 10.1. The molecule has 0 atom stereocenters. The number of amides is 1. The molecular formula is C13H16FNO2. The van der Waals surface area contributed by atoms with Gasteiger partial charge in [-0.2, -0.15) is 0 Å². The monoisotopic (exact) mass is 237 g/mol. The van der Waals surface area contributed by atoms with Crippen LogP contribution in [0.2, 0.25) is 0 Å². The Morgan fingerprint density at radius 3 is 2.53 bits per heavy atom. The highest BCUT2D eigenvalue weighted by molar-refractivity contribution is 5.98. The second-order valence-corrected chi connectivity index (χ2v) is 4.26. The Morgan fingerprint density at radius 1 is 1.35 bits per heavy atom. The molecule has 1 amide bonds. The first-order valence-electron chi connectivity index (χ1n) is 5.49. The van der Waals surface area contributed by atoms with Gasteiger partial charge in [-0.15, -0.1) is 0 Å². The summed E-state index contributed by atoms with van der Waals surface area (Å²) in [5.74, 6) is -0.864. The standard InChI is InChI=1S/C13H16FNO2/c1-8(2)12(16)7-15-13(17)11-5-4-10(14)6-9(11)3/h4-6,8H,7H2,1-3H3,(H,15,17). The normalized spacial score (nSPS) is 10.4. The molecule has 1 N–H and O–H groups in total. The van der Waals surface area contributed by atoms with Crippen LogP contribution in [-0.2, 0) is 4.79 Å². The number of aryl methyl sites for hydroxylation is 1. The molecule has 0 unspecified atom stereocenters. The molecule has 0 fully saturated rings. The third-order valence-electron chi connectivity index (χ3n) is 2.50. The summed E-state index contributed by atoms with van der Waals surface area (Å²) in [6.07, 6.45) is 0. The highest BCUT2D eigenvalue weighted by Gasteiger charge is 2.12. The van der Waals surface area contributed by atoms with Gasteiger partial charge in [0.15, 0.2) is 5.78 Å². The van der Waals surface area contributed by atoms with E-state index in [1.807, 2.05) is 0 Å². The first kappa shape index (κ1) is 13.4. The second kappa shape index (κ2) is 5.57.